The third-order valence-electron chi connectivity index (χ3n) is 2.36. The summed E-state index contributed by atoms with van der Waals surface area (Å²) in [6.07, 6.45) is 9.90. The minimum absolute atomic E-state index is 0.449. The summed E-state index contributed by atoms with van der Waals surface area (Å²) in [6, 6.07) is 2.61. The Morgan fingerprint density at radius 3 is 2.93 bits per heavy atom. The van der Waals surface area contributed by atoms with Crippen molar-refractivity contribution in [2.75, 3.05) is 6.54 Å². The summed E-state index contributed by atoms with van der Waals surface area (Å²) in [6.45, 7) is 8.62. The maximum absolute atomic E-state index is 3.35. The van der Waals surface area contributed by atoms with Crippen molar-refractivity contribution < 1.29 is 0 Å². The highest BCUT2D eigenvalue weighted by Crippen LogP contribution is 2.05. The molecule has 0 aliphatic rings. The summed E-state index contributed by atoms with van der Waals surface area (Å²) in [5.41, 5.74) is 1.29. The van der Waals surface area contributed by atoms with Gasteiger partial charge in [-0.05, 0) is 31.5 Å². The molecule has 2 heteroatoms. The van der Waals surface area contributed by atoms with Crippen molar-refractivity contribution in [2.24, 2.45) is 0 Å². The highest BCUT2D eigenvalue weighted by atomic mass is 14.9. The zero-order valence-corrected chi connectivity index (χ0v) is 10.0. The average molecular weight is 206 g/mol. The van der Waals surface area contributed by atoms with Crippen LogP contribution in [-0.4, -0.2) is 17.2 Å². The molecule has 0 radical (unpaired) electrons. The van der Waals surface area contributed by atoms with Crippen LogP contribution in [0.3, 0.4) is 0 Å². The van der Waals surface area contributed by atoms with Gasteiger partial charge in [0.1, 0.15) is 0 Å². The van der Waals surface area contributed by atoms with Crippen molar-refractivity contribution in [3.8, 4) is 0 Å². The van der Waals surface area contributed by atoms with Crippen molar-refractivity contribution in [1.29, 1.82) is 0 Å². The van der Waals surface area contributed by atoms with Crippen LogP contribution in [0.15, 0.2) is 24.5 Å². The normalized spacial score (nSPS) is 13.5. The van der Waals surface area contributed by atoms with Gasteiger partial charge in [-0.3, -0.25) is 0 Å². The van der Waals surface area contributed by atoms with Gasteiger partial charge < -0.3 is 9.88 Å². The fourth-order valence-electron chi connectivity index (χ4n) is 1.60. The van der Waals surface area contributed by atoms with E-state index in [1.54, 1.807) is 0 Å². The molecular formula is C13H22N2. The topological polar surface area (TPSA) is 17.0 Å². The second-order valence-electron chi connectivity index (χ2n) is 3.89. The van der Waals surface area contributed by atoms with E-state index in [1.807, 2.05) is 0 Å². The monoisotopic (exact) mass is 206 g/mol. The standard InChI is InChI=1S/C13H22N2/c1-4-9-15-10-8-13(11-15)7-6-12(3)14-5-2/h6-8,10-12,14H,4-5,9H2,1-3H3/b7-6+. The van der Waals surface area contributed by atoms with Crippen molar-refractivity contribution in [3.05, 3.63) is 30.1 Å². The number of nitrogens with zero attached hydrogens (tertiary/aromatic N) is 1. The molecule has 0 fully saturated rings. The molecule has 1 unspecified atom stereocenters. The fourth-order valence-corrected chi connectivity index (χ4v) is 1.60. The SMILES string of the molecule is CCCn1ccc(/C=C/C(C)NCC)c1. The van der Waals surface area contributed by atoms with Gasteiger partial charge in [-0.1, -0.05) is 26.0 Å². The van der Waals surface area contributed by atoms with Gasteiger partial charge in [0.05, 0.1) is 0 Å². The van der Waals surface area contributed by atoms with E-state index in [9.17, 15) is 0 Å². The lowest BCUT2D eigenvalue weighted by molar-refractivity contribution is 0.662. The van der Waals surface area contributed by atoms with Crippen LogP contribution in [0.4, 0.5) is 0 Å². The second-order valence-corrected chi connectivity index (χ2v) is 3.89. The van der Waals surface area contributed by atoms with E-state index in [-0.39, 0.29) is 0 Å². The number of hydrogen-bond donors (Lipinski definition) is 1. The van der Waals surface area contributed by atoms with Crippen LogP contribution in [0.2, 0.25) is 0 Å². The number of rotatable bonds is 6. The van der Waals surface area contributed by atoms with E-state index >= 15 is 0 Å². The van der Waals surface area contributed by atoms with Gasteiger partial charge in [0.2, 0.25) is 0 Å². The molecule has 0 aliphatic heterocycles. The van der Waals surface area contributed by atoms with Gasteiger partial charge in [0.15, 0.2) is 0 Å². The highest BCUT2D eigenvalue weighted by Gasteiger charge is 1.94. The van der Waals surface area contributed by atoms with Crippen LogP contribution >= 0.6 is 0 Å². The Morgan fingerprint density at radius 1 is 1.47 bits per heavy atom. The summed E-state index contributed by atoms with van der Waals surface area (Å²) < 4.78 is 2.23. The maximum atomic E-state index is 3.35. The smallest absolute Gasteiger partial charge is 0.0224 e. The number of aryl methyl sites for hydroxylation is 1. The second kappa shape index (κ2) is 6.46. The van der Waals surface area contributed by atoms with Gasteiger partial charge in [-0.25, -0.2) is 0 Å². The van der Waals surface area contributed by atoms with Crippen molar-refractivity contribution >= 4 is 6.08 Å². The molecule has 1 aromatic heterocycles. The molecule has 0 aromatic carbocycles. The molecule has 1 aromatic rings. The Hall–Kier alpha value is -1.02. The Morgan fingerprint density at radius 2 is 2.27 bits per heavy atom. The van der Waals surface area contributed by atoms with Crippen LogP contribution in [-0.2, 0) is 6.54 Å². The van der Waals surface area contributed by atoms with E-state index in [0.29, 0.717) is 6.04 Å². The molecule has 2 nitrogen and oxygen atoms in total. The van der Waals surface area contributed by atoms with E-state index in [1.165, 1.54) is 12.0 Å². The largest absolute Gasteiger partial charge is 0.354 e. The Bertz CT molecular complexity index is 299. The van der Waals surface area contributed by atoms with Crippen LogP contribution in [0.5, 0.6) is 0 Å². The lowest BCUT2D eigenvalue weighted by atomic mass is 10.2. The minimum atomic E-state index is 0.449. The number of hydrogen-bond acceptors (Lipinski definition) is 1. The molecule has 1 heterocycles. The molecule has 0 saturated heterocycles. The Kier molecular flexibility index (Phi) is 5.19. The molecule has 15 heavy (non-hydrogen) atoms. The molecule has 1 N–H and O–H groups in total. The molecule has 0 bridgehead atoms. The first kappa shape index (κ1) is 12.1. The van der Waals surface area contributed by atoms with Crippen LogP contribution < -0.4 is 5.32 Å². The third-order valence-corrected chi connectivity index (χ3v) is 2.36. The van der Waals surface area contributed by atoms with Gasteiger partial charge in [-0.2, -0.15) is 0 Å². The van der Waals surface area contributed by atoms with E-state index < -0.39 is 0 Å². The van der Waals surface area contributed by atoms with Gasteiger partial charge in [0.25, 0.3) is 0 Å². The molecule has 1 atom stereocenters. The van der Waals surface area contributed by atoms with Gasteiger partial charge in [-0.15, -0.1) is 0 Å². The highest BCUT2D eigenvalue weighted by molar-refractivity contribution is 5.48. The van der Waals surface area contributed by atoms with E-state index in [0.717, 1.165) is 13.1 Å². The molecular weight excluding hydrogens is 184 g/mol. The molecule has 0 spiro atoms. The Balaban J connectivity index is 2.48. The predicted octanol–water partition coefficient (Wildman–Crippen LogP) is 2.91. The van der Waals surface area contributed by atoms with E-state index in [4.69, 9.17) is 0 Å². The molecule has 1 rings (SSSR count). The predicted molar refractivity (Wildman–Crippen MR) is 66.9 cm³/mol. The molecule has 84 valence electrons. The average Bonchev–Trinajstić information content (AvgIpc) is 2.64. The zero-order chi connectivity index (χ0) is 11.1. The molecule has 0 saturated carbocycles. The summed E-state index contributed by atoms with van der Waals surface area (Å²) in [4.78, 5) is 0. The lowest BCUT2D eigenvalue weighted by Gasteiger charge is -2.04. The quantitative estimate of drug-likeness (QED) is 0.757. The number of aromatic nitrogens is 1. The van der Waals surface area contributed by atoms with E-state index in [2.05, 4.69) is 61.3 Å². The summed E-state index contributed by atoms with van der Waals surface area (Å²) in [7, 11) is 0. The minimum Gasteiger partial charge on any atom is -0.354 e. The fraction of sp³-hybridized carbons (Fsp3) is 0.538. The summed E-state index contributed by atoms with van der Waals surface area (Å²) in [5.74, 6) is 0. The van der Waals surface area contributed by atoms with Crippen molar-refractivity contribution in [3.63, 3.8) is 0 Å². The first-order valence-corrected chi connectivity index (χ1v) is 5.83. The van der Waals surface area contributed by atoms with Gasteiger partial charge in [0, 0.05) is 25.0 Å². The Labute approximate surface area is 93.0 Å². The van der Waals surface area contributed by atoms with Crippen LogP contribution in [0.1, 0.15) is 32.8 Å². The van der Waals surface area contributed by atoms with Crippen molar-refractivity contribution in [2.45, 2.75) is 39.8 Å². The number of likely N-dealkylation sites (N-methyl/N-ethyl adjacent to an activating group) is 1. The first-order valence-electron chi connectivity index (χ1n) is 5.83. The summed E-state index contributed by atoms with van der Waals surface area (Å²) >= 11 is 0. The molecule has 0 aliphatic carbocycles. The van der Waals surface area contributed by atoms with Gasteiger partial charge >= 0.3 is 0 Å². The van der Waals surface area contributed by atoms with Crippen LogP contribution in [0.25, 0.3) is 6.08 Å². The third kappa shape index (κ3) is 4.34. The summed E-state index contributed by atoms with van der Waals surface area (Å²) in [5, 5.41) is 3.35. The number of nitrogens with one attached hydrogen (secondary N) is 1. The van der Waals surface area contributed by atoms with Crippen molar-refractivity contribution in [1.82, 2.24) is 9.88 Å². The van der Waals surface area contributed by atoms with Crippen LogP contribution in [0, 0.1) is 0 Å². The molecule has 0 amide bonds. The zero-order valence-electron chi connectivity index (χ0n) is 10.0. The first-order chi connectivity index (χ1) is 7.26. The lowest BCUT2D eigenvalue weighted by Crippen LogP contribution is -2.22. The maximum Gasteiger partial charge on any atom is 0.0224 e.